The van der Waals surface area contributed by atoms with Crippen LogP contribution in [0.4, 0.5) is 0 Å². The van der Waals surface area contributed by atoms with Gasteiger partial charge in [0, 0.05) is 12.8 Å². The molecule has 0 bridgehead atoms. The summed E-state index contributed by atoms with van der Waals surface area (Å²) < 4.78 is 5.78. The van der Waals surface area contributed by atoms with E-state index >= 15 is 0 Å². The monoisotopic (exact) mass is 661 g/mol. The van der Waals surface area contributed by atoms with Crippen LogP contribution in [0.25, 0.3) is 0 Å². The molecule has 0 fully saturated rings. The molecule has 0 aromatic heterocycles. The molecule has 272 valence electrons. The lowest BCUT2D eigenvalue weighted by atomic mass is 10.0. The third-order valence-corrected chi connectivity index (χ3v) is 8.43. The van der Waals surface area contributed by atoms with Crippen LogP contribution in [0, 0.1) is 0 Å². The van der Waals surface area contributed by atoms with Crippen LogP contribution in [-0.2, 0) is 19.1 Å². The van der Waals surface area contributed by atoms with Crippen LogP contribution in [0.15, 0.2) is 36.5 Å². The van der Waals surface area contributed by atoms with Crippen LogP contribution < -0.4 is 11.1 Å². The van der Waals surface area contributed by atoms with Crippen LogP contribution >= 0.6 is 0 Å². The number of ether oxygens (including phenoxy) is 1. The van der Waals surface area contributed by atoms with Crippen molar-refractivity contribution in [1.82, 2.24) is 5.32 Å². The largest absolute Gasteiger partial charge is 0.480 e. The Balaban J connectivity index is 4.16. The first kappa shape index (κ1) is 44.6. The molecule has 7 heteroatoms. The third-order valence-electron chi connectivity index (χ3n) is 8.43. The number of nitrogens with two attached hydrogens (primary N) is 1. The summed E-state index contributed by atoms with van der Waals surface area (Å²) in [6.07, 6.45) is 39.6. The van der Waals surface area contributed by atoms with Crippen LogP contribution in [0.5, 0.6) is 0 Å². The molecule has 0 spiro atoms. The Morgan fingerprint density at radius 2 is 1.19 bits per heavy atom. The van der Waals surface area contributed by atoms with E-state index in [1.54, 1.807) is 0 Å². The van der Waals surface area contributed by atoms with Gasteiger partial charge in [0.2, 0.25) is 5.91 Å². The number of hydrogen-bond donors (Lipinski definition) is 3. The minimum Gasteiger partial charge on any atom is -0.480 e. The fourth-order valence-corrected chi connectivity index (χ4v) is 5.53. The number of aliphatic carboxylic acids is 1. The van der Waals surface area contributed by atoms with Crippen molar-refractivity contribution in [3.05, 3.63) is 36.5 Å². The first-order valence-corrected chi connectivity index (χ1v) is 19.3. The summed E-state index contributed by atoms with van der Waals surface area (Å²) in [4.78, 5) is 36.0. The van der Waals surface area contributed by atoms with Crippen molar-refractivity contribution >= 4 is 17.8 Å². The Morgan fingerprint density at radius 1 is 0.660 bits per heavy atom. The quantitative estimate of drug-likeness (QED) is 0.0359. The summed E-state index contributed by atoms with van der Waals surface area (Å²) in [6.45, 7) is 4.78. The highest BCUT2D eigenvalue weighted by molar-refractivity contribution is 5.83. The summed E-state index contributed by atoms with van der Waals surface area (Å²) in [6, 6.07) is -0.872. The molecule has 0 aromatic rings. The third kappa shape index (κ3) is 31.9. The van der Waals surface area contributed by atoms with Gasteiger partial charge in [0.25, 0.3) is 0 Å². The second-order valence-electron chi connectivity index (χ2n) is 13.0. The smallest absolute Gasteiger partial charge is 0.326 e. The first-order chi connectivity index (χ1) is 22.9. The van der Waals surface area contributed by atoms with E-state index in [1.165, 1.54) is 89.9 Å². The molecule has 47 heavy (non-hydrogen) atoms. The van der Waals surface area contributed by atoms with E-state index in [0.29, 0.717) is 38.6 Å². The van der Waals surface area contributed by atoms with Gasteiger partial charge >= 0.3 is 11.9 Å². The van der Waals surface area contributed by atoms with E-state index in [9.17, 15) is 19.5 Å². The number of rotatable bonds is 34. The number of esters is 1. The predicted molar refractivity (Wildman–Crippen MR) is 197 cm³/mol. The summed E-state index contributed by atoms with van der Waals surface area (Å²) in [5.74, 6) is -1.40. The van der Waals surface area contributed by atoms with E-state index in [2.05, 4.69) is 31.3 Å². The van der Waals surface area contributed by atoms with Gasteiger partial charge in [0.05, 0.1) is 0 Å². The molecule has 0 aliphatic rings. The molecule has 0 heterocycles. The molecule has 2 atom stereocenters. The van der Waals surface area contributed by atoms with Gasteiger partial charge in [-0.25, -0.2) is 4.79 Å². The topological polar surface area (TPSA) is 119 Å². The molecular weight excluding hydrogens is 588 g/mol. The van der Waals surface area contributed by atoms with E-state index < -0.39 is 12.0 Å². The Hall–Kier alpha value is -2.41. The van der Waals surface area contributed by atoms with Crippen molar-refractivity contribution in [1.29, 1.82) is 0 Å². The highest BCUT2D eigenvalue weighted by Gasteiger charge is 2.18. The van der Waals surface area contributed by atoms with E-state index in [0.717, 1.165) is 44.9 Å². The predicted octanol–water partition coefficient (Wildman–Crippen LogP) is 10.3. The van der Waals surface area contributed by atoms with Crippen molar-refractivity contribution in [2.24, 2.45) is 5.73 Å². The molecule has 2 unspecified atom stereocenters. The van der Waals surface area contributed by atoms with Crippen LogP contribution in [-0.4, -0.2) is 41.6 Å². The number of allylic oxidation sites excluding steroid dienone is 4. The standard InChI is InChI=1S/C40H72N2O5/c1-3-5-7-9-10-11-12-13-14-15-16-17-18-19-24-28-34-39(44)47-36(30-25-21-8-6-4-2)31-26-22-20-23-27-33-38(43)42-37(40(45)46)32-29-35-41/h6,8,25-26,30-31,36-37H,3-5,7,9-24,27-29,32-35,41H2,1-2H3,(H,42,43)(H,45,46)/b8-6-,30-25-,31-26-. The normalized spacial score (nSPS) is 13.1. The van der Waals surface area contributed by atoms with Gasteiger partial charge in [0.1, 0.15) is 12.1 Å². The number of unbranched alkanes of at least 4 members (excludes halogenated alkanes) is 18. The van der Waals surface area contributed by atoms with Gasteiger partial charge in [-0.15, -0.1) is 0 Å². The number of carboxylic acid groups (broad SMARTS) is 1. The molecule has 0 aliphatic heterocycles. The van der Waals surface area contributed by atoms with Crippen molar-refractivity contribution in [3.8, 4) is 0 Å². The molecule has 0 rings (SSSR count). The Morgan fingerprint density at radius 3 is 1.74 bits per heavy atom. The average molecular weight is 661 g/mol. The number of carboxylic acids is 1. The van der Waals surface area contributed by atoms with Crippen molar-refractivity contribution in [3.63, 3.8) is 0 Å². The number of carbonyl (C=O) groups excluding carboxylic acids is 2. The SMILES string of the molecule is CC/C=C\C/C=C\C(/C=C\CCCCCC(=O)NC(CCCN)C(=O)O)OC(=O)CCCCCCCCCCCCCCCCCC. The lowest BCUT2D eigenvalue weighted by molar-refractivity contribution is -0.145. The van der Waals surface area contributed by atoms with E-state index in [1.807, 2.05) is 24.3 Å². The second kappa shape index (κ2) is 34.9. The van der Waals surface area contributed by atoms with Crippen LogP contribution in [0.1, 0.15) is 181 Å². The average Bonchev–Trinajstić information content (AvgIpc) is 3.05. The van der Waals surface area contributed by atoms with Crippen LogP contribution in [0.2, 0.25) is 0 Å². The number of amides is 1. The Labute approximate surface area is 288 Å². The van der Waals surface area contributed by atoms with Gasteiger partial charge in [-0.2, -0.15) is 0 Å². The summed E-state index contributed by atoms with van der Waals surface area (Å²) in [7, 11) is 0. The lowest BCUT2D eigenvalue weighted by Crippen LogP contribution is -2.40. The van der Waals surface area contributed by atoms with Gasteiger partial charge < -0.3 is 20.9 Å². The molecular formula is C40H72N2O5. The fraction of sp³-hybridized carbons (Fsp3) is 0.775. The summed E-state index contributed by atoms with van der Waals surface area (Å²) in [5.41, 5.74) is 5.45. The molecule has 0 aromatic carbocycles. The molecule has 1 amide bonds. The maximum atomic E-state index is 12.6. The van der Waals surface area contributed by atoms with Crippen LogP contribution in [0.3, 0.4) is 0 Å². The second-order valence-corrected chi connectivity index (χ2v) is 13.0. The maximum absolute atomic E-state index is 12.6. The Bertz CT molecular complexity index is 838. The van der Waals surface area contributed by atoms with Gasteiger partial charge in [0.15, 0.2) is 0 Å². The van der Waals surface area contributed by atoms with Gasteiger partial charge in [-0.05, 0) is 70.1 Å². The lowest BCUT2D eigenvalue weighted by Gasteiger charge is -2.13. The highest BCUT2D eigenvalue weighted by Crippen LogP contribution is 2.15. The summed E-state index contributed by atoms with van der Waals surface area (Å²) in [5, 5.41) is 11.8. The molecule has 4 N–H and O–H groups in total. The van der Waals surface area contributed by atoms with Crippen molar-refractivity contribution in [2.45, 2.75) is 193 Å². The summed E-state index contributed by atoms with van der Waals surface area (Å²) >= 11 is 0. The molecule has 7 nitrogen and oxygen atoms in total. The minimum absolute atomic E-state index is 0.143. The zero-order valence-electron chi connectivity index (χ0n) is 30.4. The molecule has 0 saturated heterocycles. The van der Waals surface area contributed by atoms with Crippen molar-refractivity contribution < 1.29 is 24.2 Å². The molecule has 0 radical (unpaired) electrons. The van der Waals surface area contributed by atoms with Gasteiger partial charge in [-0.1, -0.05) is 141 Å². The van der Waals surface area contributed by atoms with E-state index in [-0.39, 0.29) is 18.0 Å². The molecule has 0 saturated carbocycles. The number of hydrogen-bond acceptors (Lipinski definition) is 5. The van der Waals surface area contributed by atoms with E-state index in [4.69, 9.17) is 10.5 Å². The maximum Gasteiger partial charge on any atom is 0.326 e. The first-order valence-electron chi connectivity index (χ1n) is 19.3. The van der Waals surface area contributed by atoms with Crippen molar-refractivity contribution in [2.75, 3.05) is 6.54 Å². The molecule has 0 aliphatic carbocycles. The number of nitrogens with one attached hydrogen (secondary N) is 1. The minimum atomic E-state index is -1.02. The Kier molecular flexibility index (Phi) is 33.1. The zero-order valence-corrected chi connectivity index (χ0v) is 30.4. The number of carbonyl (C=O) groups is 3. The zero-order chi connectivity index (χ0) is 34.6. The fourth-order valence-electron chi connectivity index (χ4n) is 5.53. The van der Waals surface area contributed by atoms with Gasteiger partial charge in [-0.3, -0.25) is 9.59 Å². The highest BCUT2D eigenvalue weighted by atomic mass is 16.5.